The SMILES string of the molecule is CC[C@@H](Sc1nnc(CC(=O)Nc2ccccc2)n1C)C(=O)Nc1ccc([N+](=O)[O-])cc1. The second-order valence-corrected chi connectivity index (χ2v) is 8.03. The van der Waals surface area contributed by atoms with Crippen LogP contribution in [0.25, 0.3) is 0 Å². The zero-order chi connectivity index (χ0) is 23.1. The van der Waals surface area contributed by atoms with Crippen molar-refractivity contribution in [2.24, 2.45) is 7.05 Å². The number of amides is 2. The maximum absolute atomic E-state index is 12.7. The average molecular weight is 455 g/mol. The fraction of sp³-hybridized carbons (Fsp3) is 0.238. The minimum Gasteiger partial charge on any atom is -0.326 e. The number of carbonyl (C=O) groups is 2. The summed E-state index contributed by atoms with van der Waals surface area (Å²) in [5.41, 5.74) is 1.12. The number of thioether (sulfide) groups is 1. The largest absolute Gasteiger partial charge is 0.326 e. The van der Waals surface area contributed by atoms with E-state index in [0.717, 1.165) is 0 Å². The fourth-order valence-electron chi connectivity index (χ4n) is 2.81. The molecule has 0 aliphatic heterocycles. The number of non-ortho nitro benzene ring substituents is 1. The first-order valence-electron chi connectivity index (χ1n) is 9.82. The number of nitro groups is 1. The van der Waals surface area contributed by atoms with E-state index < -0.39 is 10.2 Å². The van der Waals surface area contributed by atoms with Crippen molar-refractivity contribution in [1.29, 1.82) is 0 Å². The number of nitrogens with one attached hydrogen (secondary N) is 2. The molecule has 0 saturated carbocycles. The summed E-state index contributed by atoms with van der Waals surface area (Å²) in [4.78, 5) is 35.2. The number of para-hydroxylation sites is 1. The van der Waals surface area contributed by atoms with Gasteiger partial charge in [0.2, 0.25) is 11.8 Å². The van der Waals surface area contributed by atoms with Gasteiger partial charge in [0.1, 0.15) is 5.82 Å². The van der Waals surface area contributed by atoms with Gasteiger partial charge in [-0.1, -0.05) is 36.9 Å². The van der Waals surface area contributed by atoms with E-state index in [1.165, 1.54) is 36.0 Å². The number of hydrogen-bond donors (Lipinski definition) is 2. The lowest BCUT2D eigenvalue weighted by Crippen LogP contribution is -2.25. The zero-order valence-corrected chi connectivity index (χ0v) is 18.3. The van der Waals surface area contributed by atoms with Gasteiger partial charge in [-0.25, -0.2) is 0 Å². The third-order valence-electron chi connectivity index (χ3n) is 4.56. The van der Waals surface area contributed by atoms with Gasteiger partial charge in [0.05, 0.1) is 16.6 Å². The summed E-state index contributed by atoms with van der Waals surface area (Å²) in [6, 6.07) is 14.8. The quantitative estimate of drug-likeness (QED) is 0.288. The molecule has 10 nitrogen and oxygen atoms in total. The van der Waals surface area contributed by atoms with Crippen LogP contribution >= 0.6 is 11.8 Å². The minimum atomic E-state index is -0.498. The van der Waals surface area contributed by atoms with Crippen LogP contribution in [-0.4, -0.2) is 36.8 Å². The zero-order valence-electron chi connectivity index (χ0n) is 17.5. The Labute approximate surface area is 188 Å². The maximum Gasteiger partial charge on any atom is 0.269 e. The molecule has 0 spiro atoms. The van der Waals surface area contributed by atoms with Gasteiger partial charge >= 0.3 is 0 Å². The number of nitrogens with zero attached hydrogens (tertiary/aromatic N) is 4. The lowest BCUT2D eigenvalue weighted by Gasteiger charge is -2.14. The summed E-state index contributed by atoms with van der Waals surface area (Å²) in [7, 11) is 1.74. The van der Waals surface area contributed by atoms with Gasteiger partial charge in [0.15, 0.2) is 5.16 Å². The molecule has 0 unspecified atom stereocenters. The molecule has 3 rings (SSSR count). The van der Waals surface area contributed by atoms with E-state index in [-0.39, 0.29) is 23.9 Å². The molecule has 166 valence electrons. The van der Waals surface area contributed by atoms with Crippen LogP contribution in [0.4, 0.5) is 17.1 Å². The van der Waals surface area contributed by atoms with Gasteiger partial charge in [-0.05, 0) is 30.7 Å². The van der Waals surface area contributed by atoms with Gasteiger partial charge in [0, 0.05) is 30.6 Å². The highest BCUT2D eigenvalue weighted by molar-refractivity contribution is 8.00. The third-order valence-corrected chi connectivity index (χ3v) is 5.96. The van der Waals surface area contributed by atoms with E-state index in [9.17, 15) is 19.7 Å². The van der Waals surface area contributed by atoms with E-state index in [0.29, 0.717) is 28.8 Å². The maximum atomic E-state index is 12.7. The topological polar surface area (TPSA) is 132 Å². The van der Waals surface area contributed by atoms with E-state index in [2.05, 4.69) is 20.8 Å². The molecule has 1 aromatic heterocycles. The Morgan fingerprint density at radius 1 is 1.06 bits per heavy atom. The predicted octanol–water partition coefficient (Wildman–Crippen LogP) is 3.41. The molecule has 0 aliphatic rings. The number of anilines is 2. The van der Waals surface area contributed by atoms with Crippen LogP contribution < -0.4 is 10.6 Å². The van der Waals surface area contributed by atoms with Crippen LogP contribution in [0.5, 0.6) is 0 Å². The van der Waals surface area contributed by atoms with E-state index in [1.807, 2.05) is 25.1 Å². The number of aromatic nitrogens is 3. The lowest BCUT2D eigenvalue weighted by atomic mass is 10.2. The molecule has 11 heteroatoms. The molecular weight excluding hydrogens is 432 g/mol. The van der Waals surface area contributed by atoms with Crippen LogP contribution in [0.3, 0.4) is 0 Å². The Hall–Kier alpha value is -3.73. The Balaban J connectivity index is 1.61. The van der Waals surface area contributed by atoms with Crippen LogP contribution in [0.2, 0.25) is 0 Å². The molecule has 1 atom stereocenters. The van der Waals surface area contributed by atoms with Crippen molar-refractivity contribution in [3.05, 3.63) is 70.5 Å². The molecule has 2 N–H and O–H groups in total. The van der Waals surface area contributed by atoms with E-state index >= 15 is 0 Å². The highest BCUT2D eigenvalue weighted by Gasteiger charge is 2.22. The van der Waals surface area contributed by atoms with Gasteiger partial charge < -0.3 is 15.2 Å². The normalized spacial score (nSPS) is 11.6. The molecule has 0 fully saturated rings. The standard InChI is InChI=1S/C21H22N6O4S/c1-3-17(20(29)23-15-9-11-16(12-10-15)27(30)31)32-21-25-24-18(26(21)2)13-19(28)22-14-7-5-4-6-8-14/h4-12,17H,3,13H2,1-2H3,(H,22,28)(H,23,29)/t17-/m1/s1. The van der Waals surface area contributed by atoms with Crippen molar-refractivity contribution in [2.45, 2.75) is 30.2 Å². The Kier molecular flexibility index (Phi) is 7.55. The van der Waals surface area contributed by atoms with Gasteiger partial charge in [-0.3, -0.25) is 19.7 Å². The van der Waals surface area contributed by atoms with Crippen molar-refractivity contribution in [2.75, 3.05) is 10.6 Å². The van der Waals surface area contributed by atoms with Crippen molar-refractivity contribution in [1.82, 2.24) is 14.8 Å². The molecular formula is C21H22N6O4S. The molecule has 2 amide bonds. The van der Waals surface area contributed by atoms with Gasteiger partial charge in [-0.2, -0.15) is 0 Å². The summed E-state index contributed by atoms with van der Waals surface area (Å²) >= 11 is 1.24. The predicted molar refractivity (Wildman–Crippen MR) is 121 cm³/mol. The number of carbonyl (C=O) groups excluding carboxylic acids is 2. The summed E-state index contributed by atoms with van der Waals surface area (Å²) in [6.07, 6.45) is 0.574. The summed E-state index contributed by atoms with van der Waals surface area (Å²) in [6.45, 7) is 1.87. The Morgan fingerprint density at radius 2 is 1.72 bits per heavy atom. The summed E-state index contributed by atoms with van der Waals surface area (Å²) in [5, 5.41) is 24.6. The van der Waals surface area contributed by atoms with E-state index in [4.69, 9.17) is 0 Å². The number of hydrogen-bond acceptors (Lipinski definition) is 7. The smallest absolute Gasteiger partial charge is 0.269 e. The van der Waals surface area contributed by atoms with Gasteiger partial charge in [0.25, 0.3) is 5.69 Å². The van der Waals surface area contributed by atoms with Crippen LogP contribution in [0, 0.1) is 10.1 Å². The molecule has 2 aromatic carbocycles. The van der Waals surface area contributed by atoms with Crippen molar-refractivity contribution < 1.29 is 14.5 Å². The first-order chi connectivity index (χ1) is 15.4. The van der Waals surface area contributed by atoms with Gasteiger partial charge in [-0.15, -0.1) is 10.2 Å². The number of nitro benzene ring substituents is 1. The Morgan fingerprint density at radius 3 is 2.34 bits per heavy atom. The van der Waals surface area contributed by atoms with E-state index in [1.54, 1.807) is 23.7 Å². The first kappa shape index (κ1) is 22.9. The molecule has 32 heavy (non-hydrogen) atoms. The van der Waals surface area contributed by atoms with Crippen molar-refractivity contribution in [3.63, 3.8) is 0 Å². The second-order valence-electron chi connectivity index (χ2n) is 6.86. The highest BCUT2D eigenvalue weighted by Crippen LogP contribution is 2.26. The minimum absolute atomic E-state index is 0.0464. The van der Waals surface area contributed by atoms with Crippen molar-refractivity contribution in [3.8, 4) is 0 Å². The fourth-order valence-corrected chi connectivity index (χ4v) is 3.75. The highest BCUT2D eigenvalue weighted by atomic mass is 32.2. The number of benzene rings is 2. The van der Waals surface area contributed by atoms with Crippen LogP contribution in [0.1, 0.15) is 19.2 Å². The molecule has 3 aromatic rings. The monoisotopic (exact) mass is 454 g/mol. The molecule has 0 aliphatic carbocycles. The summed E-state index contributed by atoms with van der Waals surface area (Å²) in [5.74, 6) is 0.00971. The number of rotatable bonds is 9. The Bertz CT molecular complexity index is 1100. The van der Waals surface area contributed by atoms with Crippen LogP contribution in [-0.2, 0) is 23.1 Å². The molecule has 1 heterocycles. The van der Waals surface area contributed by atoms with Crippen LogP contribution in [0.15, 0.2) is 59.8 Å². The molecule has 0 bridgehead atoms. The van der Waals surface area contributed by atoms with Crippen molar-refractivity contribution >= 4 is 40.6 Å². The lowest BCUT2D eigenvalue weighted by molar-refractivity contribution is -0.384. The third kappa shape index (κ3) is 5.91. The molecule has 0 saturated heterocycles. The molecule has 0 radical (unpaired) electrons. The first-order valence-corrected chi connectivity index (χ1v) is 10.7. The average Bonchev–Trinajstić information content (AvgIpc) is 3.11. The second kappa shape index (κ2) is 10.5. The summed E-state index contributed by atoms with van der Waals surface area (Å²) < 4.78 is 1.69.